The topological polar surface area (TPSA) is 162 Å². The maximum absolute atomic E-state index is 11.2. The highest BCUT2D eigenvalue weighted by Crippen LogP contribution is 2.47. The van der Waals surface area contributed by atoms with Gasteiger partial charge in [0.15, 0.2) is 0 Å². The first kappa shape index (κ1) is 59.0. The van der Waals surface area contributed by atoms with Crippen molar-refractivity contribution in [3.63, 3.8) is 0 Å². The van der Waals surface area contributed by atoms with Gasteiger partial charge in [-0.25, -0.2) is 0 Å². The van der Waals surface area contributed by atoms with E-state index in [1.807, 2.05) is 146 Å². The first-order chi connectivity index (χ1) is 49.7. The highest BCUT2D eigenvalue weighted by molar-refractivity contribution is 6.18. The molecule has 10 heteroatoms. The summed E-state index contributed by atoms with van der Waals surface area (Å²) in [5, 5.41) is 72.1. The van der Waals surface area contributed by atoms with Crippen LogP contribution in [0.5, 0.6) is 0 Å². The van der Waals surface area contributed by atoms with Gasteiger partial charge >= 0.3 is 0 Å². The molecular formula is C91H52N10. The monoisotopic (exact) mass is 1280 g/mol. The molecule has 0 amide bonds. The Morgan fingerprint density at radius 2 is 0.743 bits per heavy atom. The van der Waals surface area contributed by atoms with E-state index in [9.17, 15) is 31.6 Å². The Morgan fingerprint density at radius 3 is 1.36 bits per heavy atom. The van der Waals surface area contributed by atoms with Crippen molar-refractivity contribution < 1.29 is 0 Å². The smallest absolute Gasteiger partial charge is 0.101 e. The minimum Gasteiger partial charge on any atom is -0.309 e. The van der Waals surface area contributed by atoms with Gasteiger partial charge in [0.1, 0.15) is 12.1 Å². The lowest BCUT2D eigenvalue weighted by molar-refractivity contribution is 0.743. The molecule has 1 aliphatic rings. The summed E-state index contributed by atoms with van der Waals surface area (Å²) in [6.07, 6.45) is 2.68. The van der Waals surface area contributed by atoms with Gasteiger partial charge in [-0.05, 0) is 190 Å². The Morgan fingerprint density at radius 1 is 0.287 bits per heavy atom. The van der Waals surface area contributed by atoms with Crippen LogP contribution in [0.3, 0.4) is 0 Å². The molecule has 101 heavy (non-hydrogen) atoms. The van der Waals surface area contributed by atoms with Crippen LogP contribution in [0.2, 0.25) is 0 Å². The van der Waals surface area contributed by atoms with E-state index >= 15 is 0 Å². The van der Waals surface area contributed by atoms with E-state index in [4.69, 9.17) is 0 Å². The fraction of sp³-hybridized carbons (Fsp3) is 0.0330. The van der Waals surface area contributed by atoms with Gasteiger partial charge in [-0.1, -0.05) is 153 Å². The van der Waals surface area contributed by atoms with Crippen LogP contribution >= 0.6 is 0 Å². The molecule has 10 nitrogen and oxygen atoms in total. The standard InChI is InChI=1S/C91H52N10/c1-55-39-66(54-97)76(48-75(55)61-32-34-63(53-96)89(46-61)99-80-23-9-3-16-69(80)70-17-4-10-24-81(70)99)71-18-5-11-25-82(71)100-86-38-30-57(50-93)43-78(86)73-36-35-60(47-90(73)100)68-21-14-28-87-91(68)74-20-7-13-27-84(74)101(87)88-45-59(31-33-62(88)52-95)64-40-58(51-94)41-65(44-64)67-15-2-8-22-79(67)98-83-26-12-6-19-72(83)77-42-56(49-92)29-37-85(77)98/h2-38,40-48,55H,39H2,1H3. The molecule has 13 aromatic carbocycles. The predicted molar refractivity (Wildman–Crippen MR) is 404 cm³/mol. The zero-order valence-electron chi connectivity index (χ0n) is 54.3. The first-order valence-electron chi connectivity index (χ1n) is 33.4. The third-order valence-corrected chi connectivity index (χ3v) is 20.4. The summed E-state index contributed by atoms with van der Waals surface area (Å²) < 4.78 is 8.89. The Balaban J connectivity index is 0.776. The number of allylic oxidation sites excluding steroid dienone is 4. The Kier molecular flexibility index (Phi) is 13.7. The van der Waals surface area contributed by atoms with Crippen LogP contribution < -0.4 is 0 Å². The van der Waals surface area contributed by atoms with Crippen molar-refractivity contribution in [3.8, 4) is 92.5 Å². The van der Waals surface area contributed by atoms with Gasteiger partial charge in [-0.3, -0.25) is 0 Å². The molecule has 466 valence electrons. The summed E-state index contributed by atoms with van der Waals surface area (Å²) >= 11 is 0. The number of benzene rings is 13. The summed E-state index contributed by atoms with van der Waals surface area (Å²) in [6, 6.07) is 107. The van der Waals surface area contributed by atoms with Crippen LogP contribution in [0, 0.1) is 73.9 Å². The van der Waals surface area contributed by atoms with E-state index in [-0.39, 0.29) is 5.92 Å². The van der Waals surface area contributed by atoms with Crippen LogP contribution in [0.1, 0.15) is 52.3 Å². The zero-order valence-corrected chi connectivity index (χ0v) is 54.3. The Hall–Kier alpha value is -14.5. The number of hydrogen-bond acceptors (Lipinski definition) is 6. The van der Waals surface area contributed by atoms with Crippen molar-refractivity contribution in [2.45, 2.75) is 13.3 Å². The van der Waals surface area contributed by atoms with E-state index in [2.05, 4.69) is 195 Å². The number of nitrogens with zero attached hydrogens (tertiary/aromatic N) is 10. The minimum atomic E-state index is -0.0326. The Labute approximate surface area is 580 Å². The zero-order chi connectivity index (χ0) is 68.1. The molecule has 0 fully saturated rings. The lowest BCUT2D eigenvalue weighted by Gasteiger charge is -2.25. The summed E-state index contributed by atoms with van der Waals surface area (Å²) in [7, 11) is 0. The fourth-order valence-electron chi connectivity index (χ4n) is 16.0. The number of hydrogen-bond donors (Lipinski definition) is 0. The van der Waals surface area contributed by atoms with Crippen molar-refractivity contribution in [1.29, 1.82) is 31.6 Å². The molecule has 1 unspecified atom stereocenters. The molecule has 0 bridgehead atoms. The van der Waals surface area contributed by atoms with Gasteiger partial charge < -0.3 is 18.3 Å². The van der Waals surface area contributed by atoms with Crippen molar-refractivity contribution in [1.82, 2.24) is 18.3 Å². The van der Waals surface area contributed by atoms with Crippen LogP contribution in [0.15, 0.2) is 285 Å². The number of rotatable bonds is 9. The van der Waals surface area contributed by atoms with Gasteiger partial charge in [0, 0.05) is 59.8 Å². The van der Waals surface area contributed by atoms with Crippen LogP contribution in [0.25, 0.3) is 154 Å². The fourth-order valence-corrected chi connectivity index (χ4v) is 16.0. The molecule has 4 heterocycles. The molecule has 0 radical (unpaired) electrons. The third-order valence-electron chi connectivity index (χ3n) is 20.4. The van der Waals surface area contributed by atoms with Crippen molar-refractivity contribution in [2.75, 3.05) is 0 Å². The highest BCUT2D eigenvalue weighted by Gasteiger charge is 2.28. The second kappa shape index (κ2) is 23.4. The number of fused-ring (bicyclic) bond motifs is 12. The van der Waals surface area contributed by atoms with Crippen LogP contribution in [-0.4, -0.2) is 18.3 Å². The molecule has 18 rings (SSSR count). The van der Waals surface area contributed by atoms with E-state index in [1.54, 1.807) is 0 Å². The van der Waals surface area contributed by atoms with E-state index in [0.717, 1.165) is 160 Å². The van der Waals surface area contributed by atoms with Crippen molar-refractivity contribution in [3.05, 3.63) is 324 Å². The van der Waals surface area contributed by atoms with E-state index < -0.39 is 0 Å². The molecule has 4 aromatic heterocycles. The molecule has 0 saturated heterocycles. The maximum Gasteiger partial charge on any atom is 0.101 e. The van der Waals surface area contributed by atoms with Gasteiger partial charge in [-0.2, -0.15) is 31.6 Å². The molecule has 17 aromatic rings. The Bertz CT molecular complexity index is 6800. The average Bonchev–Trinajstić information content (AvgIpc) is 1.59. The minimum absolute atomic E-state index is 0.0326. The highest BCUT2D eigenvalue weighted by atomic mass is 15.0. The predicted octanol–water partition coefficient (Wildman–Crippen LogP) is 21.8. The maximum atomic E-state index is 11.2. The van der Waals surface area contributed by atoms with Gasteiger partial charge in [0.05, 0.1) is 119 Å². The molecule has 0 spiro atoms. The largest absolute Gasteiger partial charge is 0.309 e. The lowest BCUT2D eigenvalue weighted by atomic mass is 9.79. The normalized spacial score (nSPS) is 13.0. The van der Waals surface area contributed by atoms with Gasteiger partial charge in [0.25, 0.3) is 0 Å². The second-order valence-corrected chi connectivity index (χ2v) is 25.9. The lowest BCUT2D eigenvalue weighted by Crippen LogP contribution is -2.10. The summed E-state index contributed by atoms with van der Waals surface area (Å²) in [5.74, 6) is -0.0326. The van der Waals surface area contributed by atoms with Crippen molar-refractivity contribution in [2.24, 2.45) is 5.92 Å². The molecular weight excluding hydrogens is 1230 g/mol. The average molecular weight is 1290 g/mol. The van der Waals surface area contributed by atoms with Crippen LogP contribution in [-0.2, 0) is 0 Å². The SMILES string of the molecule is CC1CC(C#N)=C(c2ccccc2-n2c3ccc(C#N)cc3c3ccc(-c4cccc5c4c4ccccc4n5-c4cc(-c5cc(C#N)cc(-c6ccccc6-n6c7ccccc7c7cc(C#N)ccc76)c5)ccc4C#N)cc32)C=C1c1ccc(C#N)c(-n2c3ccccc3c3ccccc32)c1. The molecule has 1 atom stereocenters. The molecule has 1 aliphatic carbocycles. The van der Waals surface area contributed by atoms with E-state index in [0.29, 0.717) is 45.5 Å². The summed E-state index contributed by atoms with van der Waals surface area (Å²) in [6.45, 7) is 2.17. The number of aromatic nitrogens is 4. The third kappa shape index (κ3) is 9.20. The number of nitriles is 6. The summed E-state index contributed by atoms with van der Waals surface area (Å²) in [4.78, 5) is 0. The van der Waals surface area contributed by atoms with Gasteiger partial charge in [0.2, 0.25) is 0 Å². The quantitative estimate of drug-likeness (QED) is 0.140. The molecule has 0 N–H and O–H groups in total. The molecule has 0 aliphatic heterocycles. The number of para-hydroxylation sites is 6. The van der Waals surface area contributed by atoms with Crippen LogP contribution in [0.4, 0.5) is 0 Å². The van der Waals surface area contributed by atoms with Crippen molar-refractivity contribution >= 4 is 98.4 Å². The molecule has 0 saturated carbocycles. The summed E-state index contributed by atoms with van der Waals surface area (Å²) in [5.41, 5.74) is 23.1. The second-order valence-electron chi connectivity index (χ2n) is 25.9. The van der Waals surface area contributed by atoms with Gasteiger partial charge in [-0.15, -0.1) is 0 Å². The first-order valence-corrected chi connectivity index (χ1v) is 33.4. The van der Waals surface area contributed by atoms with E-state index in [1.165, 1.54) is 0 Å².